The number of nitrogens with zero attached hydrogens (tertiary/aromatic N) is 6. The number of aryl methyl sites for hydroxylation is 1. The quantitative estimate of drug-likeness (QED) is 0.659. The Balaban J connectivity index is 1.35. The molecule has 166 valence electrons. The molecule has 1 aromatic carbocycles. The van der Waals surface area contributed by atoms with Gasteiger partial charge in [0.2, 0.25) is 5.95 Å². The predicted octanol–water partition coefficient (Wildman–Crippen LogP) is 3.69. The van der Waals surface area contributed by atoms with Crippen molar-refractivity contribution < 1.29 is 4.39 Å². The van der Waals surface area contributed by atoms with Gasteiger partial charge in [-0.3, -0.25) is 4.90 Å². The second-order valence-corrected chi connectivity index (χ2v) is 8.95. The van der Waals surface area contributed by atoms with Crippen molar-refractivity contribution >= 4 is 23.1 Å². The summed E-state index contributed by atoms with van der Waals surface area (Å²) in [7, 11) is 6.04. The summed E-state index contributed by atoms with van der Waals surface area (Å²) in [5.41, 5.74) is 4.20. The molecule has 2 unspecified atom stereocenters. The van der Waals surface area contributed by atoms with E-state index in [-0.39, 0.29) is 5.69 Å². The van der Waals surface area contributed by atoms with Crippen molar-refractivity contribution in [3.63, 3.8) is 0 Å². The first-order valence-corrected chi connectivity index (χ1v) is 10.9. The molecule has 4 heterocycles. The van der Waals surface area contributed by atoms with Gasteiger partial charge in [-0.05, 0) is 56.3 Å². The van der Waals surface area contributed by atoms with E-state index in [9.17, 15) is 4.39 Å². The van der Waals surface area contributed by atoms with E-state index in [0.29, 0.717) is 23.6 Å². The van der Waals surface area contributed by atoms with Gasteiger partial charge in [-0.25, -0.2) is 19.3 Å². The molecular weight excluding hydrogens is 405 g/mol. The molecule has 1 N–H and O–H groups in total. The largest absolute Gasteiger partial charge is 0.365 e. The van der Waals surface area contributed by atoms with Crippen molar-refractivity contribution in [2.75, 3.05) is 49.3 Å². The van der Waals surface area contributed by atoms with E-state index in [2.05, 4.69) is 56.2 Å². The summed E-state index contributed by atoms with van der Waals surface area (Å²) in [5.74, 6) is 0.678. The van der Waals surface area contributed by atoms with Crippen LogP contribution in [0.25, 0.3) is 11.3 Å². The lowest BCUT2D eigenvalue weighted by molar-refractivity contribution is 0.292. The van der Waals surface area contributed by atoms with Crippen LogP contribution in [-0.4, -0.2) is 66.2 Å². The minimum Gasteiger partial charge on any atom is -0.365 e. The number of pyridine rings is 1. The van der Waals surface area contributed by atoms with Crippen molar-refractivity contribution in [2.45, 2.75) is 25.4 Å². The molecule has 0 radical (unpaired) electrons. The number of rotatable bonds is 5. The van der Waals surface area contributed by atoms with E-state index >= 15 is 0 Å². The monoisotopic (exact) mass is 433 g/mol. The summed E-state index contributed by atoms with van der Waals surface area (Å²) >= 11 is 0. The lowest BCUT2D eigenvalue weighted by Crippen LogP contribution is -2.44. The lowest BCUT2D eigenvalue weighted by Gasteiger charge is -2.34. The maximum Gasteiger partial charge on any atom is 0.227 e. The average molecular weight is 434 g/mol. The number of benzene rings is 1. The van der Waals surface area contributed by atoms with Gasteiger partial charge in [0.25, 0.3) is 0 Å². The van der Waals surface area contributed by atoms with Gasteiger partial charge in [-0.2, -0.15) is 0 Å². The molecule has 2 bridgehead atoms. The Kier molecular flexibility index (Phi) is 5.17. The Morgan fingerprint density at radius 2 is 1.91 bits per heavy atom. The van der Waals surface area contributed by atoms with Crippen LogP contribution in [0.4, 0.5) is 27.5 Å². The van der Waals surface area contributed by atoms with Crippen LogP contribution >= 0.6 is 0 Å². The number of piperazine rings is 1. The second-order valence-electron chi connectivity index (χ2n) is 8.95. The molecule has 0 amide bonds. The topological polar surface area (TPSA) is 60.4 Å². The van der Waals surface area contributed by atoms with Gasteiger partial charge in [-0.1, -0.05) is 0 Å². The third kappa shape index (κ3) is 3.75. The van der Waals surface area contributed by atoms with Crippen molar-refractivity contribution in [3.05, 3.63) is 54.1 Å². The molecule has 2 saturated heterocycles. The third-order valence-electron chi connectivity index (χ3n) is 6.50. The highest BCUT2D eigenvalue weighted by molar-refractivity contribution is 5.66. The SMILES string of the molecule is Cc1cc(Nc2ncc(F)c(-c3ccc(N(C)C)nc3)n2)ccc1N1CC2CC1CN2C. The van der Waals surface area contributed by atoms with Crippen LogP contribution in [0.3, 0.4) is 0 Å². The summed E-state index contributed by atoms with van der Waals surface area (Å²) < 4.78 is 14.4. The Morgan fingerprint density at radius 3 is 2.53 bits per heavy atom. The van der Waals surface area contributed by atoms with E-state index < -0.39 is 5.82 Å². The smallest absolute Gasteiger partial charge is 0.227 e. The molecule has 2 aliphatic rings. The van der Waals surface area contributed by atoms with Gasteiger partial charge >= 0.3 is 0 Å². The highest BCUT2D eigenvalue weighted by atomic mass is 19.1. The molecule has 0 spiro atoms. The van der Waals surface area contributed by atoms with Gasteiger partial charge in [0, 0.05) is 62.4 Å². The Morgan fingerprint density at radius 1 is 1.06 bits per heavy atom. The number of likely N-dealkylation sites (tertiary alicyclic amines) is 1. The fraction of sp³-hybridized carbons (Fsp3) is 0.375. The zero-order chi connectivity index (χ0) is 22.4. The van der Waals surface area contributed by atoms with E-state index in [1.807, 2.05) is 37.2 Å². The van der Waals surface area contributed by atoms with Gasteiger partial charge in [-0.15, -0.1) is 0 Å². The molecule has 2 fully saturated rings. The van der Waals surface area contributed by atoms with Gasteiger partial charge in [0.05, 0.1) is 6.20 Å². The summed E-state index contributed by atoms with van der Waals surface area (Å²) in [6.07, 6.45) is 4.07. The fourth-order valence-electron chi connectivity index (χ4n) is 4.77. The molecular formula is C24H28FN7. The molecule has 0 saturated carbocycles. The Bertz CT molecular complexity index is 1130. The maximum atomic E-state index is 14.4. The first kappa shape index (κ1) is 20.6. The molecule has 2 atom stereocenters. The van der Waals surface area contributed by atoms with Gasteiger partial charge < -0.3 is 15.1 Å². The number of halogens is 1. The third-order valence-corrected chi connectivity index (χ3v) is 6.50. The molecule has 32 heavy (non-hydrogen) atoms. The maximum absolute atomic E-state index is 14.4. The Labute approximate surface area is 187 Å². The van der Waals surface area contributed by atoms with Crippen molar-refractivity contribution in [1.82, 2.24) is 19.9 Å². The second kappa shape index (κ2) is 8.02. The zero-order valence-electron chi connectivity index (χ0n) is 18.9. The van der Waals surface area contributed by atoms with Crippen LogP contribution in [0.15, 0.2) is 42.7 Å². The van der Waals surface area contributed by atoms with Crippen LogP contribution in [-0.2, 0) is 0 Å². The molecule has 0 aliphatic carbocycles. The molecule has 7 nitrogen and oxygen atoms in total. The predicted molar refractivity (Wildman–Crippen MR) is 126 cm³/mol. The standard InChI is InChI=1S/C24H28FN7/c1-15-9-17(6-7-21(15)32-14-18-10-19(32)13-31(18)4)28-24-27-12-20(25)23(29-24)16-5-8-22(26-11-16)30(2)3/h5-9,11-12,18-19H,10,13-14H2,1-4H3,(H,27,28,29). The normalized spacial score (nSPS) is 20.1. The van der Waals surface area contributed by atoms with Gasteiger partial charge in [0.1, 0.15) is 11.5 Å². The number of nitrogens with one attached hydrogen (secondary N) is 1. The van der Waals surface area contributed by atoms with E-state index in [0.717, 1.165) is 24.6 Å². The highest BCUT2D eigenvalue weighted by Gasteiger charge is 2.41. The summed E-state index contributed by atoms with van der Waals surface area (Å²) in [6.45, 7) is 4.34. The molecule has 5 rings (SSSR count). The highest BCUT2D eigenvalue weighted by Crippen LogP contribution is 2.36. The van der Waals surface area contributed by atoms with Crippen LogP contribution in [0.5, 0.6) is 0 Å². The fourth-order valence-corrected chi connectivity index (χ4v) is 4.77. The molecule has 2 aromatic heterocycles. The van der Waals surface area contributed by atoms with Crippen LogP contribution in [0.2, 0.25) is 0 Å². The number of hydrogen-bond donors (Lipinski definition) is 1. The van der Waals surface area contributed by atoms with Crippen LogP contribution in [0.1, 0.15) is 12.0 Å². The Hall–Kier alpha value is -3.26. The van der Waals surface area contributed by atoms with Crippen molar-refractivity contribution in [3.8, 4) is 11.3 Å². The molecule has 8 heteroatoms. The summed E-state index contributed by atoms with van der Waals surface area (Å²) in [6, 6.07) is 11.2. The number of likely N-dealkylation sites (N-methyl/N-ethyl adjacent to an activating group) is 1. The zero-order valence-corrected chi connectivity index (χ0v) is 18.9. The van der Waals surface area contributed by atoms with Crippen LogP contribution in [0, 0.1) is 12.7 Å². The number of hydrogen-bond acceptors (Lipinski definition) is 7. The van der Waals surface area contributed by atoms with Crippen molar-refractivity contribution in [2.24, 2.45) is 0 Å². The minimum absolute atomic E-state index is 0.228. The minimum atomic E-state index is -0.476. The molecule has 2 aliphatic heterocycles. The first-order valence-electron chi connectivity index (χ1n) is 10.9. The first-order chi connectivity index (χ1) is 15.4. The number of anilines is 4. The van der Waals surface area contributed by atoms with Crippen molar-refractivity contribution in [1.29, 1.82) is 0 Å². The molecule has 3 aromatic rings. The van der Waals surface area contributed by atoms with Crippen LogP contribution < -0.4 is 15.1 Å². The summed E-state index contributed by atoms with van der Waals surface area (Å²) in [4.78, 5) is 19.8. The number of fused-ring (bicyclic) bond motifs is 2. The summed E-state index contributed by atoms with van der Waals surface area (Å²) in [5, 5.41) is 3.23. The number of aromatic nitrogens is 3. The lowest BCUT2D eigenvalue weighted by atomic mass is 10.1. The van der Waals surface area contributed by atoms with Gasteiger partial charge in [0.15, 0.2) is 5.82 Å². The average Bonchev–Trinajstić information content (AvgIpc) is 3.35. The van der Waals surface area contributed by atoms with E-state index in [1.165, 1.54) is 23.9 Å². The van der Waals surface area contributed by atoms with E-state index in [4.69, 9.17) is 0 Å². The van der Waals surface area contributed by atoms with E-state index in [1.54, 1.807) is 6.20 Å².